The summed E-state index contributed by atoms with van der Waals surface area (Å²) in [5.74, 6) is 0.568. The van der Waals surface area contributed by atoms with Gasteiger partial charge in [-0.05, 0) is 34.9 Å². The fourth-order valence-corrected chi connectivity index (χ4v) is 1.90. The highest BCUT2D eigenvalue weighted by molar-refractivity contribution is 8.31. The Morgan fingerprint density at radius 2 is 1.74 bits per heavy atom. The molecule has 0 atom stereocenters. The first-order chi connectivity index (χ1) is 9.04. The van der Waals surface area contributed by atoms with Gasteiger partial charge in [-0.1, -0.05) is 42.5 Å². The van der Waals surface area contributed by atoms with Crippen LogP contribution in [0.2, 0.25) is 0 Å². The van der Waals surface area contributed by atoms with Crippen molar-refractivity contribution >= 4 is 58.9 Å². The number of alkyl halides is 1. The molecular formula is C14H13Cl3OS. The molecule has 2 rings (SSSR count). The number of rotatable bonds is 2. The lowest BCUT2D eigenvalue weighted by Crippen LogP contribution is -1.81. The number of benzene rings is 2. The molecule has 102 valence electrons. The number of hydrogen-bond acceptors (Lipinski definition) is 1. The third-order valence-corrected chi connectivity index (χ3v) is 2.74. The maximum Gasteiger partial charge on any atom is 0.198 e. The zero-order valence-electron chi connectivity index (χ0n) is 10.3. The third-order valence-electron chi connectivity index (χ3n) is 2.59. The predicted molar refractivity (Wildman–Crippen MR) is 88.2 cm³/mol. The summed E-state index contributed by atoms with van der Waals surface area (Å²) >= 11 is 5.69. The first-order valence-corrected chi connectivity index (χ1v) is 8.84. The molecule has 0 saturated heterocycles. The van der Waals surface area contributed by atoms with E-state index < -0.39 is 9.60 Å². The summed E-state index contributed by atoms with van der Waals surface area (Å²) in [6, 6.07) is 14.9. The predicted octanol–water partition coefficient (Wildman–Crippen LogP) is 5.52. The van der Waals surface area contributed by atoms with Gasteiger partial charge in [0.2, 0.25) is 0 Å². The lowest BCUT2D eigenvalue weighted by Gasteiger charge is -2.03. The highest BCUT2D eigenvalue weighted by atomic mass is 36.0. The molecule has 5 heteroatoms. The van der Waals surface area contributed by atoms with Crippen molar-refractivity contribution in [3.05, 3.63) is 54.1 Å². The zero-order valence-corrected chi connectivity index (χ0v) is 13.4. The van der Waals surface area contributed by atoms with Gasteiger partial charge in [-0.3, -0.25) is 0 Å². The monoisotopic (exact) mass is 334 g/mol. The molecule has 19 heavy (non-hydrogen) atoms. The van der Waals surface area contributed by atoms with Crippen molar-refractivity contribution < 1.29 is 4.55 Å². The van der Waals surface area contributed by atoms with Crippen LogP contribution in [0, 0.1) is 0 Å². The molecule has 0 N–H and O–H groups in total. The summed E-state index contributed by atoms with van der Waals surface area (Å²) in [6.45, 7) is 2.09. The Labute approximate surface area is 130 Å². The van der Waals surface area contributed by atoms with Crippen LogP contribution in [0.15, 0.2) is 48.5 Å². The van der Waals surface area contributed by atoms with Gasteiger partial charge in [0, 0.05) is 5.88 Å². The number of halogens is 3. The Hall–Kier alpha value is -0.380. The van der Waals surface area contributed by atoms with Crippen molar-refractivity contribution in [3.63, 3.8) is 0 Å². The van der Waals surface area contributed by atoms with Gasteiger partial charge in [0.1, 0.15) is 0 Å². The fraction of sp³-hybridized carbons (Fsp3) is 0.143. The first kappa shape index (κ1) is 16.7. The van der Waals surface area contributed by atoms with E-state index in [1.807, 2.05) is 6.08 Å². The van der Waals surface area contributed by atoms with Crippen LogP contribution >= 0.6 is 33.0 Å². The second-order valence-corrected chi connectivity index (χ2v) is 6.62. The highest BCUT2D eigenvalue weighted by Gasteiger charge is 1.97. The van der Waals surface area contributed by atoms with Gasteiger partial charge in [-0.15, -0.1) is 11.6 Å². The summed E-state index contributed by atoms with van der Waals surface area (Å²) in [5, 5.41) is 2.55. The topological polar surface area (TPSA) is 23.1 Å². The second kappa shape index (κ2) is 8.72. The van der Waals surface area contributed by atoms with Crippen LogP contribution < -0.4 is 0 Å². The molecule has 0 saturated carbocycles. The average Bonchev–Trinajstić information content (AvgIpc) is 2.38. The molecule has 0 aliphatic rings. The van der Waals surface area contributed by atoms with Crippen molar-refractivity contribution in [2.24, 2.45) is 0 Å². The lowest BCUT2D eigenvalue weighted by atomic mass is 10.0. The normalized spacial score (nSPS) is 11.4. The van der Waals surface area contributed by atoms with Crippen molar-refractivity contribution in [1.29, 1.82) is 0 Å². The summed E-state index contributed by atoms with van der Waals surface area (Å²) in [7, 11) is 7.36. The minimum Gasteiger partial charge on any atom is -0.582 e. The van der Waals surface area contributed by atoms with E-state index in [4.69, 9.17) is 16.2 Å². The minimum atomic E-state index is -1.67. The third kappa shape index (κ3) is 6.07. The van der Waals surface area contributed by atoms with E-state index in [0.29, 0.717) is 5.88 Å². The van der Waals surface area contributed by atoms with Crippen LogP contribution in [0.1, 0.15) is 12.5 Å². The Morgan fingerprint density at radius 3 is 2.32 bits per heavy atom. The quantitative estimate of drug-likeness (QED) is 0.523. The van der Waals surface area contributed by atoms with Crippen LogP contribution in [0.3, 0.4) is 0 Å². The van der Waals surface area contributed by atoms with Crippen LogP contribution in [0.4, 0.5) is 0 Å². The fourth-order valence-electron chi connectivity index (χ4n) is 1.67. The first-order valence-electron chi connectivity index (χ1n) is 5.50. The van der Waals surface area contributed by atoms with E-state index in [0.717, 1.165) is 0 Å². The Kier molecular flexibility index (Phi) is 7.66. The van der Waals surface area contributed by atoms with Gasteiger partial charge >= 0.3 is 0 Å². The number of fused-ring (bicyclic) bond motifs is 1. The summed E-state index contributed by atoms with van der Waals surface area (Å²) < 4.78 is 9.09. The van der Waals surface area contributed by atoms with Gasteiger partial charge in [-0.25, -0.2) is 0 Å². The van der Waals surface area contributed by atoms with E-state index in [9.17, 15) is 0 Å². The minimum absolute atomic E-state index is 0.568. The summed E-state index contributed by atoms with van der Waals surface area (Å²) in [6.07, 6.45) is 2.03. The lowest BCUT2D eigenvalue weighted by molar-refractivity contribution is 0.620. The van der Waals surface area contributed by atoms with Crippen molar-refractivity contribution in [1.82, 2.24) is 0 Å². The smallest absolute Gasteiger partial charge is 0.198 e. The Morgan fingerprint density at radius 1 is 1.16 bits per heavy atom. The van der Waals surface area contributed by atoms with Crippen LogP contribution in [0.5, 0.6) is 0 Å². The second-order valence-electron chi connectivity index (χ2n) is 3.79. The molecule has 0 aliphatic heterocycles. The van der Waals surface area contributed by atoms with E-state index in [2.05, 4.69) is 70.8 Å². The number of hydrogen-bond donors (Lipinski definition) is 0. The molecule has 0 unspecified atom stereocenters. The standard InChI is InChI=1S/C14H13Cl.Cl2OS/c1-11(8-9-15)13-7-6-12-4-2-3-5-14(12)10-13;1-4(2)3/h2-8,10H,9H2,1H3;/b11-8+;. The Bertz CT molecular complexity index is 552. The molecule has 2 aromatic rings. The van der Waals surface area contributed by atoms with Crippen molar-refractivity contribution in [2.45, 2.75) is 6.92 Å². The highest BCUT2D eigenvalue weighted by Crippen LogP contribution is 2.20. The van der Waals surface area contributed by atoms with E-state index in [1.54, 1.807) is 0 Å². The summed E-state index contributed by atoms with van der Waals surface area (Å²) in [5.41, 5.74) is 2.48. The van der Waals surface area contributed by atoms with Gasteiger partial charge < -0.3 is 4.55 Å². The van der Waals surface area contributed by atoms with Crippen molar-refractivity contribution in [2.75, 3.05) is 5.88 Å². The van der Waals surface area contributed by atoms with Crippen LogP contribution in [-0.4, -0.2) is 10.4 Å². The van der Waals surface area contributed by atoms with E-state index >= 15 is 0 Å². The zero-order chi connectivity index (χ0) is 14.3. The van der Waals surface area contributed by atoms with Crippen molar-refractivity contribution in [3.8, 4) is 0 Å². The molecule has 0 heterocycles. The van der Waals surface area contributed by atoms with Gasteiger partial charge in [0.15, 0.2) is 31.0 Å². The molecule has 0 aliphatic carbocycles. The van der Waals surface area contributed by atoms with Gasteiger partial charge in [0.25, 0.3) is 0 Å². The van der Waals surface area contributed by atoms with E-state index in [1.165, 1.54) is 21.9 Å². The molecule has 0 radical (unpaired) electrons. The molecule has 2 aromatic carbocycles. The maximum atomic E-state index is 9.09. The summed E-state index contributed by atoms with van der Waals surface area (Å²) in [4.78, 5) is 0. The maximum absolute atomic E-state index is 9.09. The van der Waals surface area contributed by atoms with Gasteiger partial charge in [-0.2, -0.15) is 0 Å². The Balaban J connectivity index is 0.000000399. The molecule has 1 nitrogen and oxygen atoms in total. The van der Waals surface area contributed by atoms with Crippen LogP contribution in [0.25, 0.3) is 16.3 Å². The van der Waals surface area contributed by atoms with E-state index in [-0.39, 0.29) is 0 Å². The molecule has 0 spiro atoms. The molecule has 0 aromatic heterocycles. The van der Waals surface area contributed by atoms with Gasteiger partial charge in [0.05, 0.1) is 0 Å². The molecule has 0 amide bonds. The largest absolute Gasteiger partial charge is 0.582 e. The molecule has 0 fully saturated rings. The molecule has 0 bridgehead atoms. The SMILES string of the molecule is C/C(=C\CCl)c1ccc2ccccc2c1.[O-][S+](Cl)Cl. The van der Waals surface area contributed by atoms with Crippen LogP contribution in [-0.2, 0) is 9.60 Å². The number of allylic oxidation sites excluding steroid dienone is 2. The molecular weight excluding hydrogens is 323 g/mol. The average molecular weight is 336 g/mol.